The second kappa shape index (κ2) is 10.8. The number of rotatable bonds is 10. The van der Waals surface area contributed by atoms with Crippen molar-refractivity contribution in [2.45, 2.75) is 58.5 Å². The number of ether oxygens (including phenoxy) is 1. The van der Waals surface area contributed by atoms with Crippen LogP contribution in [0.3, 0.4) is 0 Å². The number of hydrogen-bond donors (Lipinski definition) is 2. The highest BCUT2D eigenvalue weighted by Gasteiger charge is 2.39. The lowest BCUT2D eigenvalue weighted by atomic mass is 9.92. The molecule has 29 heavy (non-hydrogen) atoms. The predicted molar refractivity (Wildman–Crippen MR) is 120 cm³/mol. The lowest BCUT2D eigenvalue weighted by Crippen LogP contribution is -2.49. The van der Waals surface area contributed by atoms with Crippen molar-refractivity contribution < 1.29 is 9.53 Å². The van der Waals surface area contributed by atoms with Gasteiger partial charge in [-0.2, -0.15) is 0 Å². The highest BCUT2D eigenvalue weighted by molar-refractivity contribution is 6.37. The zero-order chi connectivity index (χ0) is 21.6. The molecule has 0 aromatic heterocycles. The smallest absolute Gasteiger partial charge is 0.222 e. The minimum Gasteiger partial charge on any atom is -0.490 e. The van der Waals surface area contributed by atoms with Gasteiger partial charge in [-0.05, 0) is 42.9 Å². The predicted octanol–water partition coefficient (Wildman–Crippen LogP) is 5.49. The van der Waals surface area contributed by atoms with Gasteiger partial charge in [0.25, 0.3) is 0 Å². The third-order valence-corrected chi connectivity index (χ3v) is 5.96. The maximum atomic E-state index is 12.5. The van der Waals surface area contributed by atoms with Crippen molar-refractivity contribution in [2.75, 3.05) is 13.7 Å². The molecule has 162 valence electrons. The van der Waals surface area contributed by atoms with Gasteiger partial charge in [-0.1, -0.05) is 55.6 Å². The first-order valence-corrected chi connectivity index (χ1v) is 11.1. The number of hydrogen-bond acceptors (Lipinski definition) is 4. The monoisotopic (exact) mass is 461 g/mol. The maximum absolute atomic E-state index is 12.5. The van der Waals surface area contributed by atoms with Crippen LogP contribution in [0.5, 0.6) is 5.75 Å². The molecule has 0 fully saturated rings. The standard InChI is InChI=1S/C21H30Cl3N3O2/c1-5-21(18(24)13-27(4)26-21)11-19(28)25-12-15-9-16(22)20(17(23)10-15)29-8-6-7-14(2)3/h9-10,13-14,26H,5-8,11-12H2,1-4H3,(H,25,28). The van der Waals surface area contributed by atoms with Gasteiger partial charge in [-0.15, -0.1) is 0 Å². The van der Waals surface area contributed by atoms with Crippen molar-refractivity contribution in [1.29, 1.82) is 0 Å². The van der Waals surface area contributed by atoms with Crippen LogP contribution in [0.2, 0.25) is 10.0 Å². The Morgan fingerprint density at radius 2 is 1.93 bits per heavy atom. The van der Waals surface area contributed by atoms with E-state index in [2.05, 4.69) is 24.6 Å². The van der Waals surface area contributed by atoms with E-state index in [0.29, 0.717) is 46.3 Å². The Hall–Kier alpha value is -1.14. The SMILES string of the molecule is CCC1(CC(=O)NCc2cc(Cl)c(OCCCC(C)C)c(Cl)c2)NN(C)C=C1Cl. The highest BCUT2D eigenvalue weighted by atomic mass is 35.5. The first-order chi connectivity index (χ1) is 13.7. The van der Waals surface area contributed by atoms with Crippen LogP contribution < -0.4 is 15.5 Å². The van der Waals surface area contributed by atoms with E-state index in [-0.39, 0.29) is 12.3 Å². The van der Waals surface area contributed by atoms with Gasteiger partial charge >= 0.3 is 0 Å². The van der Waals surface area contributed by atoms with E-state index >= 15 is 0 Å². The van der Waals surface area contributed by atoms with E-state index in [4.69, 9.17) is 39.5 Å². The highest BCUT2D eigenvalue weighted by Crippen LogP contribution is 2.35. The van der Waals surface area contributed by atoms with Crippen LogP contribution in [0.15, 0.2) is 23.4 Å². The Kier molecular flexibility index (Phi) is 8.95. The van der Waals surface area contributed by atoms with Crippen molar-refractivity contribution in [2.24, 2.45) is 5.92 Å². The molecule has 0 saturated carbocycles. The molecule has 1 heterocycles. The summed E-state index contributed by atoms with van der Waals surface area (Å²) in [7, 11) is 1.86. The normalized spacial score (nSPS) is 18.9. The third-order valence-electron chi connectivity index (χ3n) is 4.94. The van der Waals surface area contributed by atoms with Gasteiger partial charge in [0, 0.05) is 19.8 Å². The number of benzene rings is 1. The van der Waals surface area contributed by atoms with Crippen LogP contribution in [-0.4, -0.2) is 30.1 Å². The number of carbonyl (C=O) groups is 1. The van der Waals surface area contributed by atoms with Crippen molar-refractivity contribution >= 4 is 40.7 Å². The van der Waals surface area contributed by atoms with Crippen molar-refractivity contribution in [3.05, 3.63) is 39.0 Å². The van der Waals surface area contributed by atoms with E-state index in [0.717, 1.165) is 18.4 Å². The molecule has 0 bridgehead atoms. The van der Waals surface area contributed by atoms with Gasteiger partial charge in [0.05, 0.1) is 33.6 Å². The fourth-order valence-electron chi connectivity index (χ4n) is 3.27. The zero-order valence-electron chi connectivity index (χ0n) is 17.4. The summed E-state index contributed by atoms with van der Waals surface area (Å²) in [6.45, 7) is 7.24. The van der Waals surface area contributed by atoms with Crippen LogP contribution >= 0.6 is 34.8 Å². The van der Waals surface area contributed by atoms with Gasteiger partial charge < -0.3 is 15.1 Å². The second-order valence-corrected chi connectivity index (χ2v) is 9.08. The average Bonchev–Trinajstić information content (AvgIpc) is 2.92. The molecule has 1 aromatic carbocycles. The number of amides is 1. The van der Waals surface area contributed by atoms with Gasteiger partial charge in [0.15, 0.2) is 5.75 Å². The molecule has 2 N–H and O–H groups in total. The molecule has 0 spiro atoms. The van der Waals surface area contributed by atoms with Crippen LogP contribution in [0.4, 0.5) is 0 Å². The molecule has 1 amide bonds. The molecular formula is C21H30Cl3N3O2. The van der Waals surface area contributed by atoms with Crippen LogP contribution in [0.25, 0.3) is 0 Å². The van der Waals surface area contributed by atoms with E-state index in [1.807, 2.05) is 14.0 Å². The van der Waals surface area contributed by atoms with Crippen molar-refractivity contribution in [1.82, 2.24) is 15.8 Å². The summed E-state index contributed by atoms with van der Waals surface area (Å²) >= 11 is 19.0. The fraction of sp³-hybridized carbons (Fsp3) is 0.571. The van der Waals surface area contributed by atoms with Crippen molar-refractivity contribution in [3.8, 4) is 5.75 Å². The summed E-state index contributed by atoms with van der Waals surface area (Å²) in [6.07, 6.45) is 4.75. The average molecular weight is 463 g/mol. The summed E-state index contributed by atoms with van der Waals surface area (Å²) in [4.78, 5) is 12.5. The molecular weight excluding hydrogens is 433 g/mol. The molecule has 1 aliphatic heterocycles. The van der Waals surface area contributed by atoms with Crippen LogP contribution in [-0.2, 0) is 11.3 Å². The lowest BCUT2D eigenvalue weighted by Gasteiger charge is -2.29. The number of carbonyl (C=O) groups excluding carboxylic acids is 1. The zero-order valence-corrected chi connectivity index (χ0v) is 19.7. The van der Waals surface area contributed by atoms with Crippen LogP contribution in [0, 0.1) is 5.92 Å². The summed E-state index contributed by atoms with van der Waals surface area (Å²) in [5.41, 5.74) is 3.49. The molecule has 0 radical (unpaired) electrons. The van der Waals surface area contributed by atoms with Gasteiger partial charge in [0.1, 0.15) is 0 Å². The van der Waals surface area contributed by atoms with Gasteiger partial charge in [-0.3, -0.25) is 4.79 Å². The first kappa shape index (κ1) is 24.1. The molecule has 1 atom stereocenters. The molecule has 2 rings (SSSR count). The Balaban J connectivity index is 1.92. The first-order valence-electron chi connectivity index (χ1n) is 9.92. The van der Waals surface area contributed by atoms with E-state index < -0.39 is 5.54 Å². The Bertz CT molecular complexity index is 732. The van der Waals surface area contributed by atoms with E-state index in [1.54, 1.807) is 23.3 Å². The maximum Gasteiger partial charge on any atom is 0.222 e. The topological polar surface area (TPSA) is 53.6 Å². The molecule has 5 nitrogen and oxygen atoms in total. The minimum atomic E-state index is -0.566. The molecule has 0 saturated heterocycles. The minimum absolute atomic E-state index is 0.109. The largest absolute Gasteiger partial charge is 0.490 e. The van der Waals surface area contributed by atoms with E-state index in [9.17, 15) is 4.79 Å². The van der Waals surface area contributed by atoms with Gasteiger partial charge in [0.2, 0.25) is 5.91 Å². The summed E-state index contributed by atoms with van der Waals surface area (Å²) in [5.74, 6) is 1.02. The summed E-state index contributed by atoms with van der Waals surface area (Å²) in [6, 6.07) is 3.55. The van der Waals surface area contributed by atoms with E-state index in [1.165, 1.54) is 0 Å². The second-order valence-electron chi connectivity index (χ2n) is 7.86. The quantitative estimate of drug-likeness (QED) is 0.451. The van der Waals surface area contributed by atoms with Gasteiger partial charge in [-0.25, -0.2) is 5.43 Å². The number of nitrogens with one attached hydrogen (secondary N) is 2. The van der Waals surface area contributed by atoms with Crippen molar-refractivity contribution in [3.63, 3.8) is 0 Å². The summed E-state index contributed by atoms with van der Waals surface area (Å²) in [5, 5.41) is 6.21. The fourth-order valence-corrected chi connectivity index (χ4v) is 4.30. The molecule has 0 aliphatic carbocycles. The van der Waals surface area contributed by atoms with Crippen LogP contribution in [0.1, 0.15) is 52.0 Å². The molecule has 1 unspecified atom stereocenters. The number of nitrogens with zero attached hydrogens (tertiary/aromatic N) is 1. The number of halogens is 3. The lowest BCUT2D eigenvalue weighted by molar-refractivity contribution is -0.122. The summed E-state index contributed by atoms with van der Waals surface area (Å²) < 4.78 is 5.75. The Morgan fingerprint density at radius 3 is 2.45 bits per heavy atom. The molecule has 8 heteroatoms. The Labute approximate surface area is 188 Å². The molecule has 1 aliphatic rings. The number of hydrazine groups is 1. The third kappa shape index (κ3) is 6.68. The molecule has 1 aromatic rings. The Morgan fingerprint density at radius 1 is 1.28 bits per heavy atom.